The van der Waals surface area contributed by atoms with Crippen LogP contribution in [0.5, 0.6) is 0 Å². The van der Waals surface area contributed by atoms with Crippen LogP contribution in [0.3, 0.4) is 0 Å². The first-order chi connectivity index (χ1) is 16.4. The molecule has 1 N–H and O–H groups in total. The fraction of sp³-hybridized carbons (Fsp3) is 0.280. The topological polar surface area (TPSA) is 99.9 Å². The maximum atomic E-state index is 13.4. The number of carbonyl (C=O) groups excluding carboxylic acids is 2. The van der Waals surface area contributed by atoms with E-state index in [1.165, 1.54) is 15.5 Å². The summed E-state index contributed by atoms with van der Waals surface area (Å²) in [5.74, 6) is -0.293. The van der Waals surface area contributed by atoms with Crippen LogP contribution in [0.15, 0.2) is 88.4 Å². The molecule has 4 rings (SSSR count). The van der Waals surface area contributed by atoms with Crippen LogP contribution >= 0.6 is 0 Å². The van der Waals surface area contributed by atoms with E-state index in [0.29, 0.717) is 24.3 Å². The van der Waals surface area contributed by atoms with Crippen LogP contribution in [0.25, 0.3) is 0 Å². The lowest BCUT2D eigenvalue weighted by molar-refractivity contribution is -0.140. The van der Waals surface area contributed by atoms with Crippen LogP contribution in [0.2, 0.25) is 0 Å². The first kappa shape index (κ1) is 23.7. The lowest BCUT2D eigenvalue weighted by atomic mass is 9.96. The van der Waals surface area contributed by atoms with Gasteiger partial charge in [0.15, 0.2) is 0 Å². The molecule has 8 nitrogen and oxygen atoms in total. The minimum atomic E-state index is -3.60. The Bertz CT molecular complexity index is 1190. The van der Waals surface area contributed by atoms with Gasteiger partial charge < -0.3 is 14.6 Å². The molecule has 3 aromatic rings. The van der Waals surface area contributed by atoms with E-state index in [1.54, 1.807) is 54.6 Å². The number of para-hydroxylation sites is 1. The molecule has 2 heterocycles. The maximum absolute atomic E-state index is 13.4. The van der Waals surface area contributed by atoms with Gasteiger partial charge >= 0.3 is 0 Å². The van der Waals surface area contributed by atoms with E-state index >= 15 is 0 Å². The maximum Gasteiger partial charge on any atom is 0.244 e. The predicted molar refractivity (Wildman–Crippen MR) is 127 cm³/mol. The number of hydrogen-bond donors (Lipinski definition) is 1. The SMILES string of the molecule is O=C(CN(Cc1ccco1)C(=O)C1CCN(S(=O)(=O)c2ccccc2)CC1)Nc1ccccc1. The van der Waals surface area contributed by atoms with Crippen molar-refractivity contribution < 1.29 is 22.4 Å². The van der Waals surface area contributed by atoms with Crippen molar-refractivity contribution in [3.8, 4) is 0 Å². The highest BCUT2D eigenvalue weighted by Crippen LogP contribution is 2.25. The second-order valence-corrected chi connectivity index (χ2v) is 10.1. The van der Waals surface area contributed by atoms with Gasteiger partial charge in [-0.2, -0.15) is 4.31 Å². The molecule has 34 heavy (non-hydrogen) atoms. The number of carbonyl (C=O) groups is 2. The second-order valence-electron chi connectivity index (χ2n) is 8.18. The van der Waals surface area contributed by atoms with Crippen molar-refractivity contribution >= 4 is 27.5 Å². The van der Waals surface area contributed by atoms with Crippen LogP contribution in [0.1, 0.15) is 18.6 Å². The van der Waals surface area contributed by atoms with Crippen molar-refractivity contribution in [2.45, 2.75) is 24.3 Å². The molecule has 1 fully saturated rings. The van der Waals surface area contributed by atoms with Gasteiger partial charge in [-0.3, -0.25) is 9.59 Å². The molecule has 0 bridgehead atoms. The van der Waals surface area contributed by atoms with E-state index in [1.807, 2.05) is 18.2 Å². The van der Waals surface area contributed by atoms with Crippen molar-refractivity contribution in [3.05, 3.63) is 84.8 Å². The summed E-state index contributed by atoms with van der Waals surface area (Å²) in [6.45, 7) is 0.532. The summed E-state index contributed by atoms with van der Waals surface area (Å²) in [7, 11) is -3.60. The molecule has 0 saturated carbocycles. The van der Waals surface area contributed by atoms with Gasteiger partial charge in [0.2, 0.25) is 21.8 Å². The Morgan fingerprint density at radius 2 is 1.59 bits per heavy atom. The van der Waals surface area contributed by atoms with Crippen molar-refractivity contribution in [3.63, 3.8) is 0 Å². The molecule has 0 atom stereocenters. The van der Waals surface area contributed by atoms with E-state index in [4.69, 9.17) is 4.42 Å². The average molecular weight is 482 g/mol. The van der Waals surface area contributed by atoms with Crippen molar-refractivity contribution in [2.24, 2.45) is 5.92 Å². The number of piperidine rings is 1. The molecular formula is C25H27N3O5S. The summed E-state index contributed by atoms with van der Waals surface area (Å²) in [6, 6.07) is 20.8. The van der Waals surface area contributed by atoms with E-state index in [0.717, 1.165) is 0 Å². The number of anilines is 1. The Kier molecular flexibility index (Phi) is 7.44. The first-order valence-corrected chi connectivity index (χ1v) is 12.6. The van der Waals surface area contributed by atoms with E-state index in [2.05, 4.69) is 5.32 Å². The fourth-order valence-corrected chi connectivity index (χ4v) is 5.53. The molecule has 1 aliphatic rings. The van der Waals surface area contributed by atoms with Crippen molar-refractivity contribution in [1.82, 2.24) is 9.21 Å². The number of hydrogen-bond acceptors (Lipinski definition) is 5. The van der Waals surface area contributed by atoms with E-state index < -0.39 is 10.0 Å². The first-order valence-electron chi connectivity index (χ1n) is 11.1. The number of furan rings is 1. The highest BCUT2D eigenvalue weighted by Gasteiger charge is 2.34. The van der Waals surface area contributed by atoms with Crippen LogP contribution in [-0.4, -0.2) is 49.1 Å². The Hall–Kier alpha value is -3.43. The minimum absolute atomic E-state index is 0.128. The van der Waals surface area contributed by atoms with E-state index in [-0.39, 0.29) is 48.8 Å². The molecule has 178 valence electrons. The summed E-state index contributed by atoms with van der Waals surface area (Å²) < 4.78 is 32.6. The zero-order valence-corrected chi connectivity index (χ0v) is 19.5. The predicted octanol–water partition coefficient (Wildman–Crippen LogP) is 3.35. The fourth-order valence-electron chi connectivity index (χ4n) is 4.04. The van der Waals surface area contributed by atoms with Gasteiger partial charge in [-0.25, -0.2) is 8.42 Å². The molecule has 2 aromatic carbocycles. The lowest BCUT2D eigenvalue weighted by Gasteiger charge is -2.33. The largest absolute Gasteiger partial charge is 0.467 e. The third-order valence-corrected chi connectivity index (χ3v) is 7.73. The Morgan fingerprint density at radius 3 is 2.21 bits per heavy atom. The molecule has 9 heteroatoms. The van der Waals surface area contributed by atoms with Gasteiger partial charge in [-0.15, -0.1) is 0 Å². The number of amides is 2. The summed E-state index contributed by atoms with van der Waals surface area (Å²) in [5, 5.41) is 2.80. The summed E-state index contributed by atoms with van der Waals surface area (Å²) in [4.78, 5) is 27.8. The molecule has 0 radical (unpaired) electrons. The Balaban J connectivity index is 1.41. The number of nitrogens with zero attached hydrogens (tertiary/aromatic N) is 2. The average Bonchev–Trinajstić information content (AvgIpc) is 3.37. The number of rotatable bonds is 8. The summed E-state index contributed by atoms with van der Waals surface area (Å²) in [6.07, 6.45) is 2.30. The summed E-state index contributed by atoms with van der Waals surface area (Å²) >= 11 is 0. The molecule has 0 unspecified atom stereocenters. The lowest BCUT2D eigenvalue weighted by Crippen LogP contribution is -2.46. The van der Waals surface area contributed by atoms with Crippen molar-refractivity contribution in [1.29, 1.82) is 0 Å². The highest BCUT2D eigenvalue weighted by atomic mass is 32.2. The highest BCUT2D eigenvalue weighted by molar-refractivity contribution is 7.89. The van der Waals surface area contributed by atoms with Gasteiger partial charge in [-0.05, 0) is 49.2 Å². The smallest absolute Gasteiger partial charge is 0.244 e. The van der Waals surface area contributed by atoms with Crippen molar-refractivity contribution in [2.75, 3.05) is 25.0 Å². The van der Waals surface area contributed by atoms with Gasteiger partial charge in [0.1, 0.15) is 12.3 Å². The standard InChI is InChI=1S/C25H27N3O5S/c29-24(26-21-8-3-1-4-9-21)19-27(18-22-10-7-17-33-22)25(30)20-13-15-28(16-14-20)34(31,32)23-11-5-2-6-12-23/h1-12,17,20H,13-16,18-19H2,(H,26,29). The number of nitrogens with one attached hydrogen (secondary N) is 1. The van der Waals surface area contributed by atoms with E-state index in [9.17, 15) is 18.0 Å². The van der Waals surface area contributed by atoms with Gasteiger partial charge in [-0.1, -0.05) is 36.4 Å². The number of benzene rings is 2. The third kappa shape index (κ3) is 5.73. The minimum Gasteiger partial charge on any atom is -0.467 e. The zero-order chi connectivity index (χ0) is 24.0. The second kappa shape index (κ2) is 10.7. The van der Waals surface area contributed by atoms with Gasteiger partial charge in [0.25, 0.3) is 0 Å². The van der Waals surface area contributed by atoms with Crippen LogP contribution in [-0.2, 0) is 26.2 Å². The number of sulfonamides is 1. The van der Waals surface area contributed by atoms with Crippen LogP contribution in [0.4, 0.5) is 5.69 Å². The van der Waals surface area contributed by atoms with Gasteiger partial charge in [0, 0.05) is 24.7 Å². The molecule has 2 amide bonds. The monoisotopic (exact) mass is 481 g/mol. The van der Waals surface area contributed by atoms with Crippen LogP contribution in [0, 0.1) is 5.92 Å². The molecule has 1 saturated heterocycles. The molecule has 0 aliphatic carbocycles. The molecule has 1 aromatic heterocycles. The zero-order valence-electron chi connectivity index (χ0n) is 18.7. The normalized spacial score (nSPS) is 15.1. The Morgan fingerprint density at radius 1 is 0.941 bits per heavy atom. The summed E-state index contributed by atoms with van der Waals surface area (Å²) in [5.41, 5.74) is 0.650. The third-order valence-electron chi connectivity index (χ3n) is 5.81. The quantitative estimate of drug-likeness (QED) is 0.532. The Labute approximate surface area is 199 Å². The molecule has 1 aliphatic heterocycles. The molecule has 0 spiro atoms. The van der Waals surface area contributed by atoms with Crippen LogP contribution < -0.4 is 5.32 Å². The van der Waals surface area contributed by atoms with Gasteiger partial charge in [0.05, 0.1) is 17.7 Å². The molecular weight excluding hydrogens is 454 g/mol.